The summed E-state index contributed by atoms with van der Waals surface area (Å²) in [5.41, 5.74) is 12.2. The van der Waals surface area contributed by atoms with Crippen molar-refractivity contribution >= 4 is 160 Å². The third-order valence-corrected chi connectivity index (χ3v) is 19.4. The van der Waals surface area contributed by atoms with E-state index in [1.807, 2.05) is 22.7 Å². The molecule has 78 heavy (non-hydrogen) atoms. The van der Waals surface area contributed by atoms with Crippen LogP contribution in [0.3, 0.4) is 0 Å². The van der Waals surface area contributed by atoms with Crippen LogP contribution in [0.2, 0.25) is 0 Å². The van der Waals surface area contributed by atoms with Gasteiger partial charge in [-0.2, -0.15) is 0 Å². The molecule has 0 unspecified atom stereocenters. The van der Waals surface area contributed by atoms with E-state index in [0.717, 1.165) is 0 Å². The summed E-state index contributed by atoms with van der Waals surface area (Å²) in [4.78, 5) is 0. The van der Waals surface area contributed by atoms with Gasteiger partial charge in [-0.1, -0.05) is 206 Å². The molecule has 4 aromatic heterocycles. The molecule has 0 saturated heterocycles. The average Bonchev–Trinajstić information content (AvgIpc) is 4.38. The maximum atomic E-state index is 2.57. The summed E-state index contributed by atoms with van der Waals surface area (Å²) in [7, 11) is 0. The summed E-state index contributed by atoms with van der Waals surface area (Å²) in [6.07, 6.45) is 0. The highest BCUT2D eigenvalue weighted by Crippen LogP contribution is 2.52. The lowest BCUT2D eigenvalue weighted by Crippen LogP contribution is -1.96. The van der Waals surface area contributed by atoms with Crippen LogP contribution in [-0.2, 0) is 0 Å². The van der Waals surface area contributed by atoms with Crippen molar-refractivity contribution < 1.29 is 0 Å². The summed E-state index contributed by atoms with van der Waals surface area (Å²) in [6.45, 7) is 0. The quantitative estimate of drug-likeness (QED) is 0.166. The number of fused-ring (bicyclic) bond motifs is 23. The van der Waals surface area contributed by atoms with Gasteiger partial charge in [0.05, 0.1) is 42.8 Å². The van der Waals surface area contributed by atoms with Crippen LogP contribution in [-0.4, -0.2) is 9.13 Å². The molecule has 14 aromatic carbocycles. The van der Waals surface area contributed by atoms with Crippen LogP contribution in [0.4, 0.5) is 0 Å². The normalized spacial score (nSPS) is 12.4. The molecule has 2 nitrogen and oxygen atoms in total. The highest BCUT2D eigenvalue weighted by molar-refractivity contribution is 7.27. The van der Waals surface area contributed by atoms with Gasteiger partial charge in [0.15, 0.2) is 0 Å². The van der Waals surface area contributed by atoms with Crippen LogP contribution in [0, 0.1) is 0 Å². The van der Waals surface area contributed by atoms with Crippen molar-refractivity contribution in [2.75, 3.05) is 0 Å². The number of hydrogen-bond acceptors (Lipinski definition) is 2. The van der Waals surface area contributed by atoms with E-state index < -0.39 is 0 Å². The number of aromatic nitrogens is 2. The van der Waals surface area contributed by atoms with Gasteiger partial charge in [-0.3, -0.25) is 0 Å². The first-order valence-electron chi connectivity index (χ1n) is 26.8. The minimum Gasteiger partial charge on any atom is -0.307 e. The number of nitrogens with zero attached hydrogens (tertiary/aromatic N) is 2. The van der Waals surface area contributed by atoms with Crippen LogP contribution in [0.25, 0.3) is 171 Å². The lowest BCUT2D eigenvalue weighted by molar-refractivity contribution is 1.21. The van der Waals surface area contributed by atoms with Crippen molar-refractivity contribution in [2.24, 2.45) is 0 Å². The predicted octanol–water partition coefficient (Wildman–Crippen LogP) is 21.7. The molecule has 0 N–H and O–H groups in total. The van der Waals surface area contributed by atoms with Crippen molar-refractivity contribution in [2.45, 2.75) is 0 Å². The Bertz CT molecular complexity index is 5290. The molecule has 0 aliphatic rings. The molecule has 0 spiro atoms. The Morgan fingerprint density at radius 2 is 0.590 bits per heavy atom. The van der Waals surface area contributed by atoms with Gasteiger partial charge in [0.1, 0.15) is 0 Å². The first-order valence-corrected chi connectivity index (χ1v) is 28.5. The second-order valence-corrected chi connectivity index (χ2v) is 23.1. The third-order valence-electron chi connectivity index (χ3n) is 17.0. The summed E-state index contributed by atoms with van der Waals surface area (Å²) in [6, 6.07) is 95.6. The van der Waals surface area contributed by atoms with Gasteiger partial charge in [-0.05, 0) is 114 Å². The summed E-state index contributed by atoms with van der Waals surface area (Å²) >= 11 is 3.84. The maximum absolute atomic E-state index is 2.57. The Hall–Kier alpha value is -9.58. The van der Waals surface area contributed by atoms with Crippen LogP contribution in [0.5, 0.6) is 0 Å². The van der Waals surface area contributed by atoms with Crippen molar-refractivity contribution in [1.82, 2.24) is 9.13 Å². The summed E-state index contributed by atoms with van der Waals surface area (Å²) in [5.74, 6) is 0. The SMILES string of the molecule is c1ccc2c(-n3c4ccc(-c5ccc(-c6ccc7c(c6)c6c8ccccc8c8c9ccccc9sc8c6n7-c6cccc7ccccc67)c6ccccc56)cc4c4c5ccccc5c5c6ccccc6sc5c43)cccc2c1. The fourth-order valence-electron chi connectivity index (χ4n) is 13.8. The van der Waals surface area contributed by atoms with Gasteiger partial charge in [0.2, 0.25) is 0 Å². The van der Waals surface area contributed by atoms with E-state index in [0.29, 0.717) is 0 Å². The molecule has 0 saturated carbocycles. The molecule has 18 aromatic rings. The Kier molecular flexibility index (Phi) is 8.73. The Labute approximate surface area is 455 Å². The molecule has 0 aliphatic heterocycles. The number of rotatable bonds is 4. The lowest BCUT2D eigenvalue weighted by Gasteiger charge is -2.14. The Balaban J connectivity index is 0.896. The molecule has 0 bridgehead atoms. The number of thiophene rings is 2. The van der Waals surface area contributed by atoms with Crippen LogP contribution in [0.15, 0.2) is 255 Å². The van der Waals surface area contributed by atoms with Gasteiger partial charge in [0, 0.05) is 63.3 Å². The second-order valence-electron chi connectivity index (χ2n) is 21.0. The van der Waals surface area contributed by atoms with E-state index in [2.05, 4.69) is 264 Å². The third kappa shape index (κ3) is 5.75. The lowest BCUT2D eigenvalue weighted by atomic mass is 9.90. The zero-order chi connectivity index (χ0) is 50.7. The van der Waals surface area contributed by atoms with Gasteiger partial charge in [-0.25, -0.2) is 0 Å². The molecule has 4 heterocycles. The van der Waals surface area contributed by atoms with Crippen LogP contribution in [0.1, 0.15) is 0 Å². The largest absolute Gasteiger partial charge is 0.307 e. The van der Waals surface area contributed by atoms with Gasteiger partial charge in [-0.15, -0.1) is 22.7 Å². The second kappa shape index (κ2) is 16.0. The molecule has 0 atom stereocenters. The number of hydrogen-bond donors (Lipinski definition) is 0. The van der Waals surface area contributed by atoms with Crippen LogP contribution < -0.4 is 0 Å². The topological polar surface area (TPSA) is 9.86 Å². The zero-order valence-electron chi connectivity index (χ0n) is 42.0. The van der Waals surface area contributed by atoms with Crippen molar-refractivity contribution in [3.05, 3.63) is 255 Å². The van der Waals surface area contributed by atoms with E-state index in [-0.39, 0.29) is 0 Å². The van der Waals surface area contributed by atoms with E-state index in [4.69, 9.17) is 0 Å². The molecule has 4 heteroatoms. The summed E-state index contributed by atoms with van der Waals surface area (Å²) < 4.78 is 10.4. The average molecular weight is 1020 g/mol. The molecule has 0 amide bonds. The molecule has 0 aliphatic carbocycles. The van der Waals surface area contributed by atoms with Crippen molar-refractivity contribution in [1.29, 1.82) is 0 Å². The Morgan fingerprint density at radius 1 is 0.244 bits per heavy atom. The fourth-order valence-corrected chi connectivity index (χ4v) is 16.3. The van der Waals surface area contributed by atoms with E-state index in [1.54, 1.807) is 0 Å². The first-order chi connectivity index (χ1) is 38.7. The molecule has 0 radical (unpaired) electrons. The minimum atomic E-state index is 1.20. The fraction of sp³-hybridized carbons (Fsp3) is 0. The van der Waals surface area contributed by atoms with Gasteiger partial charge >= 0.3 is 0 Å². The number of benzene rings is 14. The Morgan fingerprint density at radius 3 is 1.03 bits per heavy atom. The van der Waals surface area contributed by atoms with Crippen molar-refractivity contribution in [3.63, 3.8) is 0 Å². The highest BCUT2D eigenvalue weighted by Gasteiger charge is 2.26. The molecule has 0 fully saturated rings. The zero-order valence-corrected chi connectivity index (χ0v) is 43.6. The van der Waals surface area contributed by atoms with E-state index in [1.165, 1.54) is 171 Å². The molecular formula is C74H42N2S2. The molecular weight excluding hydrogens is 981 g/mol. The van der Waals surface area contributed by atoms with Gasteiger partial charge < -0.3 is 9.13 Å². The predicted molar refractivity (Wildman–Crippen MR) is 339 cm³/mol. The van der Waals surface area contributed by atoms with Crippen molar-refractivity contribution in [3.8, 4) is 33.6 Å². The van der Waals surface area contributed by atoms with E-state index >= 15 is 0 Å². The highest BCUT2D eigenvalue weighted by atomic mass is 32.1. The monoisotopic (exact) mass is 1020 g/mol. The molecule has 360 valence electrons. The standard InChI is InChI=1S/C74H42N2S2/c1-3-21-49-43(17-1)19-15-31-61(49)75-63-39-35-45(41-59(63)67-53-25-7-9-27-55(53)69-57-29-11-13-33-65(57)77-73(69)71(67)75)47-37-38-48(52-24-6-5-23-51(47)52)46-36-40-64-60(42-46)68-54-26-8-10-28-56(54)70-58-30-12-14-34-66(58)78-74(70)72(68)76(64)62-32-16-20-44-18-2-4-22-50(44)62/h1-42H. The first kappa shape index (κ1) is 42.6. The molecule has 18 rings (SSSR count). The van der Waals surface area contributed by atoms with E-state index in [9.17, 15) is 0 Å². The summed E-state index contributed by atoms with van der Waals surface area (Å²) in [5, 5.41) is 23.0. The smallest absolute Gasteiger partial charge is 0.0726 e. The van der Waals surface area contributed by atoms with Crippen LogP contribution >= 0.6 is 22.7 Å². The maximum Gasteiger partial charge on any atom is 0.0726 e. The minimum absolute atomic E-state index is 1.20. The van der Waals surface area contributed by atoms with Gasteiger partial charge in [0.25, 0.3) is 0 Å².